The number of carbonyl (C=O) groups is 1. The molecule has 1 N–H and O–H groups in total. The van der Waals surface area contributed by atoms with Crippen molar-refractivity contribution in [2.24, 2.45) is 0 Å². The average molecular weight is 345 g/mol. The van der Waals surface area contributed by atoms with E-state index in [4.69, 9.17) is 11.6 Å². The number of piperazine rings is 1. The number of amides is 1. The van der Waals surface area contributed by atoms with Gasteiger partial charge in [0.05, 0.1) is 6.04 Å². The fraction of sp³-hybridized carbons (Fsp3) is 0.444. The molecule has 126 valence electrons. The molecule has 1 aromatic carbocycles. The van der Waals surface area contributed by atoms with Crippen molar-refractivity contribution >= 4 is 17.5 Å². The highest BCUT2D eigenvalue weighted by Gasteiger charge is 2.27. The topological polar surface area (TPSA) is 50.2 Å². The molecule has 3 heterocycles. The van der Waals surface area contributed by atoms with Crippen LogP contribution < -0.4 is 5.32 Å². The smallest absolute Gasteiger partial charge is 0.274 e. The lowest BCUT2D eigenvalue weighted by molar-refractivity contribution is 0.0696. The fourth-order valence-corrected chi connectivity index (χ4v) is 3.76. The van der Waals surface area contributed by atoms with Gasteiger partial charge in [-0.1, -0.05) is 23.7 Å². The third-order valence-corrected chi connectivity index (χ3v) is 5.08. The number of hydrogen-bond acceptors (Lipinski definition) is 3. The van der Waals surface area contributed by atoms with Crippen LogP contribution in [0.1, 0.15) is 40.6 Å². The highest BCUT2D eigenvalue weighted by molar-refractivity contribution is 6.30. The number of hydrogen-bond donors (Lipinski definition) is 1. The van der Waals surface area contributed by atoms with Crippen molar-refractivity contribution < 1.29 is 4.79 Å². The minimum Gasteiger partial charge on any atom is -0.334 e. The quantitative estimate of drug-likeness (QED) is 0.911. The molecule has 6 heteroatoms. The van der Waals surface area contributed by atoms with Crippen LogP contribution in [0.5, 0.6) is 0 Å². The van der Waals surface area contributed by atoms with Gasteiger partial charge in [0.25, 0.3) is 5.91 Å². The minimum atomic E-state index is 0.0328. The Kier molecular flexibility index (Phi) is 4.29. The van der Waals surface area contributed by atoms with Crippen LogP contribution in [0.2, 0.25) is 5.02 Å². The number of halogens is 1. The molecule has 0 unspecified atom stereocenters. The molecule has 2 aliphatic heterocycles. The monoisotopic (exact) mass is 344 g/mol. The Morgan fingerprint density at radius 1 is 1.25 bits per heavy atom. The first-order valence-corrected chi connectivity index (χ1v) is 8.93. The van der Waals surface area contributed by atoms with Gasteiger partial charge in [-0.25, -0.2) is 0 Å². The van der Waals surface area contributed by atoms with Crippen molar-refractivity contribution in [1.29, 1.82) is 0 Å². The van der Waals surface area contributed by atoms with Gasteiger partial charge in [0.2, 0.25) is 0 Å². The molecule has 2 aromatic rings. The van der Waals surface area contributed by atoms with Crippen LogP contribution in [0.15, 0.2) is 30.3 Å². The van der Waals surface area contributed by atoms with E-state index in [2.05, 4.69) is 10.4 Å². The van der Waals surface area contributed by atoms with Gasteiger partial charge in [-0.2, -0.15) is 5.10 Å². The van der Waals surface area contributed by atoms with Crippen LogP contribution in [0, 0.1) is 0 Å². The van der Waals surface area contributed by atoms with E-state index in [-0.39, 0.29) is 11.9 Å². The Hall–Kier alpha value is -1.85. The number of aromatic nitrogens is 2. The van der Waals surface area contributed by atoms with E-state index in [9.17, 15) is 4.79 Å². The molecule has 0 spiro atoms. The molecule has 4 rings (SSSR count). The Bertz CT molecular complexity index is 734. The van der Waals surface area contributed by atoms with Crippen molar-refractivity contribution in [2.45, 2.75) is 31.8 Å². The molecule has 0 bridgehead atoms. The molecule has 1 saturated heterocycles. The van der Waals surface area contributed by atoms with E-state index in [1.165, 1.54) is 12.1 Å². The molecule has 1 amide bonds. The largest absolute Gasteiger partial charge is 0.334 e. The van der Waals surface area contributed by atoms with Crippen LogP contribution in [-0.4, -0.2) is 40.2 Å². The zero-order valence-electron chi connectivity index (χ0n) is 13.5. The summed E-state index contributed by atoms with van der Waals surface area (Å²) >= 11 is 6.10. The van der Waals surface area contributed by atoms with Crippen molar-refractivity contribution in [1.82, 2.24) is 20.0 Å². The number of rotatable bonds is 2. The Morgan fingerprint density at radius 2 is 2.17 bits per heavy atom. The SMILES string of the molecule is O=C(c1cc2n(n1)CCCC2)N1CCN[C@@H](c2cccc(Cl)c2)C1. The number of aryl methyl sites for hydroxylation is 2. The van der Waals surface area contributed by atoms with E-state index in [0.717, 1.165) is 36.5 Å². The van der Waals surface area contributed by atoms with E-state index in [0.29, 0.717) is 18.8 Å². The van der Waals surface area contributed by atoms with Crippen LogP contribution in [0.4, 0.5) is 0 Å². The Morgan fingerprint density at radius 3 is 3.00 bits per heavy atom. The zero-order valence-corrected chi connectivity index (χ0v) is 14.3. The summed E-state index contributed by atoms with van der Waals surface area (Å²) in [7, 11) is 0. The maximum Gasteiger partial charge on any atom is 0.274 e. The zero-order chi connectivity index (χ0) is 16.5. The van der Waals surface area contributed by atoms with Gasteiger partial charge in [0, 0.05) is 36.9 Å². The average Bonchev–Trinajstić information content (AvgIpc) is 3.05. The number of nitrogens with zero attached hydrogens (tertiary/aromatic N) is 3. The van der Waals surface area contributed by atoms with Crippen LogP contribution in [0.3, 0.4) is 0 Å². The summed E-state index contributed by atoms with van der Waals surface area (Å²) in [5.74, 6) is 0.0328. The summed E-state index contributed by atoms with van der Waals surface area (Å²) < 4.78 is 1.99. The summed E-state index contributed by atoms with van der Waals surface area (Å²) in [6.07, 6.45) is 3.35. The van der Waals surface area contributed by atoms with Crippen LogP contribution in [-0.2, 0) is 13.0 Å². The maximum absolute atomic E-state index is 12.9. The van der Waals surface area contributed by atoms with Gasteiger partial charge in [-0.3, -0.25) is 9.48 Å². The second kappa shape index (κ2) is 6.57. The van der Waals surface area contributed by atoms with Crippen molar-refractivity contribution in [3.05, 3.63) is 52.3 Å². The number of fused-ring (bicyclic) bond motifs is 1. The highest BCUT2D eigenvalue weighted by Crippen LogP contribution is 2.22. The van der Waals surface area contributed by atoms with E-state index >= 15 is 0 Å². The molecule has 1 atom stereocenters. The molecule has 1 aromatic heterocycles. The van der Waals surface area contributed by atoms with Crippen LogP contribution >= 0.6 is 11.6 Å². The molecule has 24 heavy (non-hydrogen) atoms. The van der Waals surface area contributed by atoms with Crippen molar-refractivity contribution in [3.8, 4) is 0 Å². The lowest BCUT2D eigenvalue weighted by atomic mass is 10.0. The summed E-state index contributed by atoms with van der Waals surface area (Å²) in [5.41, 5.74) is 2.88. The van der Waals surface area contributed by atoms with Crippen LogP contribution in [0.25, 0.3) is 0 Å². The Labute approximate surface area is 146 Å². The van der Waals surface area contributed by atoms with Crippen molar-refractivity contribution in [2.75, 3.05) is 19.6 Å². The molecule has 0 aliphatic carbocycles. The summed E-state index contributed by atoms with van der Waals surface area (Å²) in [6.45, 7) is 3.05. The standard InChI is InChI=1S/C18H21ClN4O/c19-14-5-3-4-13(10-14)17-12-22(9-7-20-17)18(24)16-11-15-6-1-2-8-23(15)21-16/h3-5,10-11,17,20H,1-2,6-9,12H2/t17-/m1/s1. The van der Waals surface area contributed by atoms with Gasteiger partial charge >= 0.3 is 0 Å². The molecule has 0 saturated carbocycles. The molecule has 2 aliphatic rings. The van der Waals surface area contributed by atoms with Gasteiger partial charge in [0.1, 0.15) is 0 Å². The first-order valence-electron chi connectivity index (χ1n) is 8.55. The van der Waals surface area contributed by atoms with Gasteiger partial charge in [0.15, 0.2) is 5.69 Å². The first kappa shape index (κ1) is 15.7. The van der Waals surface area contributed by atoms with Gasteiger partial charge in [-0.15, -0.1) is 0 Å². The first-order chi connectivity index (χ1) is 11.7. The molecular formula is C18H21ClN4O. The molecular weight excluding hydrogens is 324 g/mol. The van der Waals surface area contributed by atoms with E-state index in [1.54, 1.807) is 0 Å². The lowest BCUT2D eigenvalue weighted by Gasteiger charge is -2.33. The fourth-order valence-electron chi connectivity index (χ4n) is 3.57. The highest BCUT2D eigenvalue weighted by atomic mass is 35.5. The molecule has 0 radical (unpaired) electrons. The predicted octanol–water partition coefficient (Wildman–Crippen LogP) is 2.66. The maximum atomic E-state index is 12.9. The lowest BCUT2D eigenvalue weighted by Crippen LogP contribution is -2.48. The second-order valence-electron chi connectivity index (χ2n) is 6.51. The number of benzene rings is 1. The van der Waals surface area contributed by atoms with Gasteiger partial charge < -0.3 is 10.2 Å². The third kappa shape index (κ3) is 3.06. The Balaban J connectivity index is 1.51. The van der Waals surface area contributed by atoms with Gasteiger partial charge in [-0.05, 0) is 43.0 Å². The summed E-state index contributed by atoms with van der Waals surface area (Å²) in [4.78, 5) is 14.8. The number of carbonyl (C=O) groups excluding carboxylic acids is 1. The summed E-state index contributed by atoms with van der Waals surface area (Å²) in [6, 6.07) is 9.90. The predicted molar refractivity (Wildman–Crippen MR) is 93.3 cm³/mol. The van der Waals surface area contributed by atoms with E-state index < -0.39 is 0 Å². The second-order valence-corrected chi connectivity index (χ2v) is 6.95. The molecule has 5 nitrogen and oxygen atoms in total. The number of nitrogens with one attached hydrogen (secondary N) is 1. The van der Waals surface area contributed by atoms with E-state index in [1.807, 2.05) is 39.9 Å². The third-order valence-electron chi connectivity index (χ3n) is 4.85. The summed E-state index contributed by atoms with van der Waals surface area (Å²) in [5, 5.41) is 8.71. The molecule has 1 fully saturated rings. The normalized spacial score (nSPS) is 20.7. The minimum absolute atomic E-state index is 0.0328. The van der Waals surface area contributed by atoms with Crippen molar-refractivity contribution in [3.63, 3.8) is 0 Å².